The molecule has 0 amide bonds. The number of rotatable bonds is 36. The van der Waals surface area contributed by atoms with Gasteiger partial charge in [-0.25, -0.2) is 50.5 Å². The molecule has 0 aliphatic heterocycles. The fraction of sp³-hybridized carbons (Fsp3) is 0.533. The van der Waals surface area contributed by atoms with E-state index in [2.05, 4.69) is 0 Å². The van der Waals surface area contributed by atoms with Crippen LogP contribution in [0.5, 0.6) is 103 Å². The minimum absolute atomic E-state index is 0. The molecule has 6 aromatic rings. The van der Waals surface area contributed by atoms with Gasteiger partial charge in [0.1, 0.15) is 107 Å². The summed E-state index contributed by atoms with van der Waals surface area (Å²) in [4.78, 5) is -3.44. The summed E-state index contributed by atoms with van der Waals surface area (Å²) < 4.78 is 269. The van der Waals surface area contributed by atoms with E-state index in [1.54, 1.807) is 13.8 Å². The van der Waals surface area contributed by atoms with Crippen LogP contribution in [-0.4, -0.2) is 194 Å². The lowest BCUT2D eigenvalue weighted by Crippen LogP contribution is -2.12. The lowest BCUT2D eigenvalue weighted by Gasteiger charge is -2.26. The number of aromatic hydroxyl groups is 6. The van der Waals surface area contributed by atoms with Crippen molar-refractivity contribution in [2.75, 3.05) is 85.3 Å². The minimum atomic E-state index is -4.87. The van der Waals surface area contributed by atoms with Gasteiger partial charge < -0.3 is 115 Å². The Hall–Kier alpha value is -9.60. The second kappa shape index (κ2) is 56.6. The second-order valence-corrected chi connectivity index (χ2v) is 36.8. The van der Waals surface area contributed by atoms with E-state index in [1.807, 2.05) is 104 Å². The van der Waals surface area contributed by atoms with Gasteiger partial charge in [0, 0.05) is 94.6 Å². The standard InChI is InChI=1S/2C15H24O6S.2C14H22O6S.2C13H20O6S.6CH3/c1-6-8-10-11(9(3)7-2)13(20-4)12(16)14(21-5)15(10)22(17,18)19;1-6-8-10-11(9(3)7-2)13(20-4)15(22(17,18)19)14(21-5)12(10)16;1-6-8(3)10-9(7-2)14(21(16,17)18)13(20-5)11(15)12(10)19-4;1-6-8(3)10-9(7-2)11(15)13(20-5)14(12(10)19-4)21(16,17)18;1-6-7(2)9-8(3)13(20(15,16)17)12(19-5)10(14)11(9)18-4;1-6-7(2)9-8(3)10(14)12(19-5)13(11(9)18-4)20(15,16)17;;;;;;/h2*9,16H,6-8H2,1-5H3,(H,17,18,19);2*8,15H,6-7H2,1-5H3,(H,16,17,18);2*7,14H,6H2,1-5H3,(H,15,16,17);6*1H3/q;;;;;;6*+1/p-6. The van der Waals surface area contributed by atoms with Gasteiger partial charge in [-0.1, -0.05) is 124 Å². The summed E-state index contributed by atoms with van der Waals surface area (Å²) in [5.41, 5.74) is 5.70. The Labute approximate surface area is 787 Å². The van der Waals surface area contributed by atoms with Crippen LogP contribution in [0.4, 0.5) is 0 Å². The van der Waals surface area contributed by atoms with Crippen LogP contribution >= 0.6 is 0 Å². The molecule has 0 aliphatic carbocycles. The third-order valence-corrected chi connectivity index (χ3v) is 26.9. The molecule has 6 N–H and O–H groups in total. The molecule has 0 aromatic heterocycles. The van der Waals surface area contributed by atoms with Crippen molar-refractivity contribution < 1.29 is 165 Å². The van der Waals surface area contributed by atoms with Gasteiger partial charge in [-0.05, 0) is 130 Å². The Kier molecular flexibility index (Phi) is 57.0. The highest BCUT2D eigenvalue weighted by Crippen LogP contribution is 2.56. The van der Waals surface area contributed by atoms with E-state index in [4.69, 9.17) is 56.8 Å². The van der Waals surface area contributed by atoms with E-state index in [1.165, 1.54) is 92.2 Å². The highest BCUT2D eigenvalue weighted by molar-refractivity contribution is 7.87. The van der Waals surface area contributed by atoms with E-state index >= 15 is 0 Å². The number of hydrogen-bond acceptors (Lipinski definition) is 36. The predicted octanol–water partition coefficient (Wildman–Crippen LogP) is 17.3. The molecule has 0 saturated heterocycles. The van der Waals surface area contributed by atoms with Gasteiger partial charge in [-0.15, -0.1) is 0 Å². The van der Waals surface area contributed by atoms with Crippen molar-refractivity contribution in [2.24, 2.45) is 0 Å². The van der Waals surface area contributed by atoms with Crippen molar-refractivity contribution in [1.29, 1.82) is 0 Å². The van der Waals surface area contributed by atoms with Gasteiger partial charge in [0.2, 0.25) is 17.2 Å². The molecule has 42 heteroatoms. The summed E-state index contributed by atoms with van der Waals surface area (Å²) in [6.45, 7) is 33.3. The lowest BCUT2D eigenvalue weighted by molar-refractivity contribution is 0.325. The van der Waals surface area contributed by atoms with Crippen LogP contribution in [0.15, 0.2) is 29.4 Å². The summed E-state index contributed by atoms with van der Waals surface area (Å²) in [7, 11) is -13.7. The first-order valence-electron chi connectivity index (χ1n) is 40.0. The van der Waals surface area contributed by atoms with E-state index in [-0.39, 0.29) is 172 Å². The van der Waals surface area contributed by atoms with Gasteiger partial charge in [0.15, 0.2) is 69.0 Å². The maximum Gasteiger partial charge on any atom is 0.202 e. The van der Waals surface area contributed by atoms with Gasteiger partial charge in [0.25, 0.3) is 0 Å². The second-order valence-electron chi connectivity index (χ2n) is 28.9. The highest BCUT2D eigenvalue weighted by atomic mass is 32.2. The Morgan fingerprint density at radius 3 is 0.652 bits per heavy atom. The molecular formula is C90H144O36S6. The smallest absolute Gasteiger partial charge is 0.202 e. The first-order valence-corrected chi connectivity index (χ1v) is 48.5. The first kappa shape index (κ1) is 133. The maximum atomic E-state index is 11.7. The topological polar surface area (TPSA) is 575 Å². The summed E-state index contributed by atoms with van der Waals surface area (Å²) in [6.07, 6.45) is 7.26. The van der Waals surface area contributed by atoms with Crippen LogP contribution in [0.25, 0.3) is 0 Å². The molecule has 0 fully saturated rings. The fourth-order valence-electron chi connectivity index (χ4n) is 14.6. The van der Waals surface area contributed by atoms with E-state index in [0.29, 0.717) is 132 Å². The van der Waals surface area contributed by atoms with Gasteiger partial charge >= 0.3 is 0 Å². The maximum absolute atomic E-state index is 11.7. The first-order chi connectivity index (χ1) is 58.4. The zero-order valence-corrected chi connectivity index (χ0v) is 88.2. The van der Waals surface area contributed by atoms with Gasteiger partial charge in [0.05, 0.1) is 85.3 Å². The lowest BCUT2D eigenvalue weighted by atomic mass is 9.89. The van der Waals surface area contributed by atoms with Crippen molar-refractivity contribution in [3.63, 3.8) is 0 Å². The average Bonchev–Trinajstić information content (AvgIpc) is 0.786. The third kappa shape index (κ3) is 29.7. The molecule has 0 saturated carbocycles. The number of benzene rings is 6. The quantitative estimate of drug-likeness (QED) is 0.0157. The molecule has 36 nitrogen and oxygen atoms in total. The zero-order chi connectivity index (χ0) is 98.2. The van der Waals surface area contributed by atoms with E-state index in [9.17, 15) is 108 Å². The summed E-state index contributed by atoms with van der Waals surface area (Å²) in [5.74, 6) is -4.60. The van der Waals surface area contributed by atoms with Crippen molar-refractivity contribution in [1.82, 2.24) is 0 Å². The fourth-order valence-corrected chi connectivity index (χ4v) is 19.9. The summed E-state index contributed by atoms with van der Waals surface area (Å²) in [5, 5.41) is 61.5. The van der Waals surface area contributed by atoms with Crippen LogP contribution in [-0.2, 0) is 86.4 Å². The third-order valence-electron chi connectivity index (χ3n) is 21.5. The van der Waals surface area contributed by atoms with Crippen LogP contribution in [0.1, 0.15) is 264 Å². The van der Waals surface area contributed by atoms with E-state index < -0.39 is 107 Å². The van der Waals surface area contributed by atoms with Gasteiger partial charge in [-0.3, -0.25) is 0 Å². The predicted molar refractivity (Wildman–Crippen MR) is 502 cm³/mol. The van der Waals surface area contributed by atoms with Crippen LogP contribution in [0, 0.1) is 58.4 Å². The molecule has 0 aliphatic rings. The van der Waals surface area contributed by atoms with Crippen molar-refractivity contribution >= 4 is 60.7 Å². The molecule has 6 unspecified atom stereocenters. The number of methoxy groups -OCH3 is 12. The Morgan fingerprint density at radius 1 is 0.227 bits per heavy atom. The molecule has 0 spiro atoms. The normalized spacial score (nSPS) is 12.5. The summed E-state index contributed by atoms with van der Waals surface area (Å²) in [6, 6.07) is 0. The average molecular weight is 1990 g/mol. The summed E-state index contributed by atoms with van der Waals surface area (Å²) >= 11 is 0. The van der Waals surface area contributed by atoms with Crippen LogP contribution < -0.4 is 56.8 Å². The molecule has 6 rings (SSSR count). The zero-order valence-electron chi connectivity index (χ0n) is 83.3. The molecule has 0 radical (unpaired) electrons. The number of hydrogen-bond donors (Lipinski definition) is 6. The van der Waals surface area contributed by atoms with Crippen LogP contribution in [0.3, 0.4) is 0 Å². The van der Waals surface area contributed by atoms with Crippen molar-refractivity contribution in [2.45, 2.75) is 267 Å². The Morgan fingerprint density at radius 2 is 0.409 bits per heavy atom. The highest BCUT2D eigenvalue weighted by Gasteiger charge is 2.37. The molecule has 0 bridgehead atoms. The van der Waals surface area contributed by atoms with E-state index in [0.717, 1.165) is 6.42 Å². The molecule has 756 valence electrons. The minimum Gasteiger partial charge on any atom is -0.744 e. The monoisotopic (exact) mass is 1990 g/mol. The van der Waals surface area contributed by atoms with Crippen molar-refractivity contribution in [3.8, 4) is 103 Å². The molecule has 0 heterocycles. The van der Waals surface area contributed by atoms with Gasteiger partial charge in [-0.2, -0.15) is 0 Å². The number of ether oxygens (including phenoxy) is 12. The number of phenols is 6. The Balaban J connectivity index is -0.000000358. The van der Waals surface area contributed by atoms with Crippen molar-refractivity contribution in [3.05, 3.63) is 111 Å². The largest absolute Gasteiger partial charge is 0.744 e. The van der Waals surface area contributed by atoms with Crippen LogP contribution in [0.2, 0.25) is 0 Å². The molecule has 132 heavy (non-hydrogen) atoms. The SMILES string of the molecule is CCC(C)c1c(C)c(O)c(OC)c(S(=O)(=O)[O-])c1OC.CCC(C)c1c(C)c(S(=O)(=O)[O-])c(OC)c(O)c1OC.CCCc1c(C(C)CC)c(OC)c(O)c(OC)c1S(=O)(=O)[O-].CCCc1c(O)c(OC)c(S(=O)(=O)[O-])c(OC)c1C(C)CC.CCc1c(C(C)CC)c(OC)c(O)c(OC)c1S(=O)(=O)[O-].CCc1c(O)c(OC)c(S(=O)(=O)[O-])c(OC)c1C(C)CC.[CH3+].[CH3+].[CH3+].[CH3+].[CH3+].[CH3+]. The number of phenolic OH excluding ortho intramolecular Hbond substituents is 6. The molecule has 6 aromatic carbocycles. The molecular weight excluding hydrogens is 1850 g/mol. The Bertz CT molecular complexity index is 5330. The molecule has 6 atom stereocenters.